The lowest BCUT2D eigenvalue weighted by atomic mass is 9.99. The molecule has 1 unspecified atom stereocenters. The van der Waals surface area contributed by atoms with E-state index in [0.717, 1.165) is 24.1 Å². The zero-order valence-electron chi connectivity index (χ0n) is 13.1. The Kier molecular flexibility index (Phi) is 4.86. The van der Waals surface area contributed by atoms with E-state index in [9.17, 15) is 10.0 Å². The smallest absolute Gasteiger partial charge is 0.251 e. The van der Waals surface area contributed by atoms with Crippen molar-refractivity contribution in [2.45, 2.75) is 30.8 Å². The largest absolute Gasteiger partial charge is 0.618 e. The predicted octanol–water partition coefficient (Wildman–Crippen LogP) is 3.08. The van der Waals surface area contributed by atoms with Crippen molar-refractivity contribution in [1.82, 2.24) is 4.90 Å². The van der Waals surface area contributed by atoms with Gasteiger partial charge in [0.25, 0.3) is 5.03 Å². The van der Waals surface area contributed by atoms with E-state index in [0.29, 0.717) is 10.8 Å². The van der Waals surface area contributed by atoms with Gasteiger partial charge in [0, 0.05) is 18.7 Å². The minimum atomic E-state index is 0.101. The molecule has 1 fully saturated rings. The Labute approximate surface area is 140 Å². The molecular formula is C18H20N2O2S. The van der Waals surface area contributed by atoms with Crippen LogP contribution in [0.15, 0.2) is 53.7 Å². The quantitative estimate of drug-likeness (QED) is 0.492. The average Bonchev–Trinajstić information content (AvgIpc) is 3.04. The van der Waals surface area contributed by atoms with Crippen LogP contribution in [0.5, 0.6) is 0 Å². The van der Waals surface area contributed by atoms with E-state index in [2.05, 4.69) is 19.1 Å². The number of hydrogen-bond donors (Lipinski definition) is 0. The van der Waals surface area contributed by atoms with E-state index >= 15 is 0 Å². The highest BCUT2D eigenvalue weighted by Crippen LogP contribution is 2.34. The summed E-state index contributed by atoms with van der Waals surface area (Å²) in [6, 6.07) is 13.7. The van der Waals surface area contributed by atoms with Crippen LogP contribution in [0.3, 0.4) is 0 Å². The van der Waals surface area contributed by atoms with Crippen molar-refractivity contribution in [2.75, 3.05) is 12.3 Å². The third kappa shape index (κ3) is 3.50. The molecule has 1 saturated heterocycles. The first-order chi connectivity index (χ1) is 11.2. The van der Waals surface area contributed by atoms with Crippen LogP contribution in [0.1, 0.15) is 30.0 Å². The Hall–Kier alpha value is -2.01. The number of aromatic nitrogens is 1. The second-order valence-electron chi connectivity index (χ2n) is 5.76. The summed E-state index contributed by atoms with van der Waals surface area (Å²) in [6.45, 7) is 2.89. The Morgan fingerprint density at radius 1 is 1.30 bits per heavy atom. The zero-order valence-corrected chi connectivity index (χ0v) is 14.0. The molecule has 5 heteroatoms. The van der Waals surface area contributed by atoms with Gasteiger partial charge in [-0.05, 0) is 48.7 Å². The molecule has 0 aliphatic carbocycles. The van der Waals surface area contributed by atoms with E-state index in [1.54, 1.807) is 12.1 Å². The van der Waals surface area contributed by atoms with Gasteiger partial charge in [-0.2, -0.15) is 4.73 Å². The molecule has 1 amide bonds. The lowest BCUT2D eigenvalue weighted by Crippen LogP contribution is -2.33. The summed E-state index contributed by atoms with van der Waals surface area (Å²) >= 11 is 1.30. The molecule has 1 aliphatic rings. The normalized spacial score (nSPS) is 17.4. The van der Waals surface area contributed by atoms with E-state index in [-0.39, 0.29) is 11.9 Å². The van der Waals surface area contributed by atoms with Crippen molar-refractivity contribution in [2.24, 2.45) is 0 Å². The van der Waals surface area contributed by atoms with Gasteiger partial charge < -0.3 is 10.1 Å². The van der Waals surface area contributed by atoms with Crippen molar-refractivity contribution < 1.29 is 9.52 Å². The molecule has 23 heavy (non-hydrogen) atoms. The highest BCUT2D eigenvalue weighted by Gasteiger charge is 2.30. The summed E-state index contributed by atoms with van der Waals surface area (Å²) in [4.78, 5) is 14.6. The van der Waals surface area contributed by atoms with Crippen LogP contribution in [-0.4, -0.2) is 23.1 Å². The van der Waals surface area contributed by atoms with Crippen LogP contribution in [0.4, 0.5) is 0 Å². The SMILES string of the molecule is Cc1ccccc1C1CCCN1C(=O)CSc1cccc[n+]1[O-]. The zero-order chi connectivity index (χ0) is 16.2. The molecule has 1 aliphatic heterocycles. The summed E-state index contributed by atoms with van der Waals surface area (Å²) in [5.41, 5.74) is 2.47. The maximum Gasteiger partial charge on any atom is 0.251 e. The fourth-order valence-corrected chi connectivity index (χ4v) is 3.89. The van der Waals surface area contributed by atoms with Gasteiger partial charge in [-0.3, -0.25) is 4.79 Å². The van der Waals surface area contributed by atoms with Gasteiger partial charge in [0.15, 0.2) is 6.20 Å². The van der Waals surface area contributed by atoms with Crippen LogP contribution < -0.4 is 4.73 Å². The number of rotatable bonds is 4. The minimum absolute atomic E-state index is 0.101. The number of hydrogen-bond acceptors (Lipinski definition) is 3. The lowest BCUT2D eigenvalue weighted by Gasteiger charge is -2.26. The van der Waals surface area contributed by atoms with E-state index < -0.39 is 0 Å². The van der Waals surface area contributed by atoms with Gasteiger partial charge in [-0.15, -0.1) is 0 Å². The monoisotopic (exact) mass is 328 g/mol. The average molecular weight is 328 g/mol. The molecule has 1 aromatic heterocycles. The van der Waals surface area contributed by atoms with Crippen molar-refractivity contribution in [3.8, 4) is 0 Å². The van der Waals surface area contributed by atoms with Crippen molar-refractivity contribution in [3.05, 3.63) is 65.0 Å². The molecule has 0 saturated carbocycles. The van der Waals surface area contributed by atoms with Crippen molar-refractivity contribution >= 4 is 17.7 Å². The summed E-state index contributed by atoms with van der Waals surface area (Å²) in [7, 11) is 0. The maximum absolute atomic E-state index is 12.6. The highest BCUT2D eigenvalue weighted by atomic mass is 32.2. The topological polar surface area (TPSA) is 47.2 Å². The van der Waals surface area contributed by atoms with Gasteiger partial charge in [0.1, 0.15) is 0 Å². The van der Waals surface area contributed by atoms with Crippen LogP contribution in [0, 0.1) is 12.1 Å². The fourth-order valence-electron chi connectivity index (χ4n) is 3.09. The first-order valence-electron chi connectivity index (χ1n) is 7.83. The van der Waals surface area contributed by atoms with Crippen molar-refractivity contribution in [3.63, 3.8) is 0 Å². The second kappa shape index (κ2) is 7.04. The standard InChI is InChI=1S/C18H20N2O2S/c1-14-7-2-3-8-15(14)16-9-6-11-19(16)17(21)13-23-18-10-4-5-12-20(18)22/h2-5,7-8,10,12,16H,6,9,11,13H2,1H3. The number of amides is 1. The summed E-state index contributed by atoms with van der Waals surface area (Å²) in [5.74, 6) is 0.402. The van der Waals surface area contributed by atoms with Gasteiger partial charge in [-0.1, -0.05) is 24.3 Å². The van der Waals surface area contributed by atoms with Gasteiger partial charge >= 0.3 is 0 Å². The molecule has 2 heterocycles. The van der Waals surface area contributed by atoms with E-state index in [1.165, 1.54) is 29.1 Å². The summed E-state index contributed by atoms with van der Waals surface area (Å²) < 4.78 is 0.806. The Morgan fingerprint density at radius 2 is 2.09 bits per heavy atom. The van der Waals surface area contributed by atoms with Crippen LogP contribution >= 0.6 is 11.8 Å². The third-order valence-electron chi connectivity index (χ3n) is 4.25. The summed E-state index contributed by atoms with van der Waals surface area (Å²) in [6.07, 6.45) is 3.50. The molecule has 0 N–H and O–H groups in total. The molecule has 0 spiro atoms. The molecule has 1 aromatic carbocycles. The first-order valence-corrected chi connectivity index (χ1v) is 8.81. The van der Waals surface area contributed by atoms with Gasteiger partial charge in [0.2, 0.25) is 5.91 Å². The fraction of sp³-hybridized carbons (Fsp3) is 0.333. The molecule has 4 nitrogen and oxygen atoms in total. The van der Waals surface area contributed by atoms with Crippen molar-refractivity contribution in [1.29, 1.82) is 0 Å². The molecular weight excluding hydrogens is 308 g/mol. The number of aryl methyl sites for hydroxylation is 1. The van der Waals surface area contributed by atoms with Gasteiger partial charge in [-0.25, -0.2) is 0 Å². The van der Waals surface area contributed by atoms with E-state index in [1.807, 2.05) is 23.1 Å². The van der Waals surface area contributed by atoms with Gasteiger partial charge in [0.05, 0.1) is 11.8 Å². The number of carbonyl (C=O) groups excluding carboxylic acids is 1. The molecule has 0 radical (unpaired) electrons. The first kappa shape index (κ1) is 15.9. The van der Waals surface area contributed by atoms with E-state index in [4.69, 9.17) is 0 Å². The number of thioether (sulfide) groups is 1. The number of carbonyl (C=O) groups is 1. The lowest BCUT2D eigenvalue weighted by molar-refractivity contribution is -0.645. The molecule has 3 rings (SSSR count). The Bertz CT molecular complexity index is 705. The Balaban J connectivity index is 1.69. The molecule has 1 atom stereocenters. The second-order valence-corrected chi connectivity index (χ2v) is 6.75. The molecule has 0 bridgehead atoms. The minimum Gasteiger partial charge on any atom is -0.618 e. The number of pyridine rings is 1. The number of likely N-dealkylation sites (tertiary alicyclic amines) is 1. The third-order valence-corrected chi connectivity index (χ3v) is 5.26. The molecule has 2 aromatic rings. The predicted molar refractivity (Wildman–Crippen MR) is 91.0 cm³/mol. The van der Waals surface area contributed by atoms with Crippen LogP contribution in [0.25, 0.3) is 0 Å². The van der Waals surface area contributed by atoms with Crippen LogP contribution in [0.2, 0.25) is 0 Å². The number of benzene rings is 1. The Morgan fingerprint density at radius 3 is 2.87 bits per heavy atom. The molecule has 120 valence electrons. The summed E-state index contributed by atoms with van der Waals surface area (Å²) in [5, 5.41) is 12.2. The van der Waals surface area contributed by atoms with Crippen LogP contribution in [-0.2, 0) is 4.79 Å². The number of nitrogens with zero attached hydrogens (tertiary/aromatic N) is 2. The highest BCUT2D eigenvalue weighted by molar-refractivity contribution is 7.99. The maximum atomic E-state index is 12.6.